The van der Waals surface area contributed by atoms with Crippen LogP contribution in [0.4, 0.5) is 0 Å². The van der Waals surface area contributed by atoms with Crippen LogP contribution in [0, 0.1) is 0 Å². The van der Waals surface area contributed by atoms with Gasteiger partial charge in [0.05, 0.1) is 12.7 Å². The van der Waals surface area contributed by atoms with Crippen LogP contribution in [0.25, 0.3) is 0 Å². The van der Waals surface area contributed by atoms with E-state index in [4.69, 9.17) is 14.2 Å². The molecule has 20 heavy (non-hydrogen) atoms. The number of benzene rings is 2. The SMILES string of the molecule is COc1ccc(C2(OC)OC(=O)c3ccccc32)cc1. The van der Waals surface area contributed by atoms with E-state index in [1.54, 1.807) is 19.2 Å². The molecular formula is C16H14O4. The van der Waals surface area contributed by atoms with E-state index in [0.717, 1.165) is 16.9 Å². The number of cyclic esters (lactones) is 1. The van der Waals surface area contributed by atoms with Gasteiger partial charge in [0.1, 0.15) is 5.75 Å². The molecule has 1 unspecified atom stereocenters. The van der Waals surface area contributed by atoms with E-state index in [1.165, 1.54) is 7.11 Å². The second kappa shape index (κ2) is 4.65. The average Bonchev–Trinajstić information content (AvgIpc) is 2.81. The minimum Gasteiger partial charge on any atom is -0.497 e. The zero-order valence-corrected chi connectivity index (χ0v) is 11.3. The maximum absolute atomic E-state index is 12.0. The summed E-state index contributed by atoms with van der Waals surface area (Å²) in [6.07, 6.45) is 0. The number of hydrogen-bond acceptors (Lipinski definition) is 4. The number of rotatable bonds is 3. The van der Waals surface area contributed by atoms with Crippen molar-refractivity contribution in [3.05, 3.63) is 65.2 Å². The van der Waals surface area contributed by atoms with Crippen LogP contribution in [0.1, 0.15) is 21.5 Å². The van der Waals surface area contributed by atoms with Gasteiger partial charge in [0.2, 0.25) is 0 Å². The molecule has 2 aromatic rings. The van der Waals surface area contributed by atoms with Gasteiger partial charge in [0.15, 0.2) is 0 Å². The third-order valence-electron chi connectivity index (χ3n) is 3.50. The third-order valence-corrected chi connectivity index (χ3v) is 3.50. The van der Waals surface area contributed by atoms with Crippen molar-refractivity contribution in [1.82, 2.24) is 0 Å². The molecule has 4 heteroatoms. The van der Waals surface area contributed by atoms with Crippen LogP contribution in [0.3, 0.4) is 0 Å². The van der Waals surface area contributed by atoms with Crippen molar-refractivity contribution in [3.8, 4) is 5.75 Å². The highest BCUT2D eigenvalue weighted by molar-refractivity contribution is 5.95. The summed E-state index contributed by atoms with van der Waals surface area (Å²) in [7, 11) is 3.13. The van der Waals surface area contributed by atoms with Crippen molar-refractivity contribution in [2.24, 2.45) is 0 Å². The van der Waals surface area contributed by atoms with Gasteiger partial charge >= 0.3 is 5.97 Å². The molecule has 1 aliphatic rings. The molecule has 0 saturated heterocycles. The van der Waals surface area contributed by atoms with Crippen LogP contribution in [-0.2, 0) is 15.3 Å². The van der Waals surface area contributed by atoms with Crippen molar-refractivity contribution in [1.29, 1.82) is 0 Å². The molecule has 1 atom stereocenters. The molecule has 0 fully saturated rings. The van der Waals surface area contributed by atoms with Gasteiger partial charge in [-0.2, -0.15) is 0 Å². The van der Waals surface area contributed by atoms with Gasteiger partial charge in [-0.3, -0.25) is 0 Å². The molecular weight excluding hydrogens is 256 g/mol. The van der Waals surface area contributed by atoms with Gasteiger partial charge < -0.3 is 14.2 Å². The Kier molecular flexibility index (Phi) is 2.95. The first-order valence-electron chi connectivity index (χ1n) is 6.24. The Morgan fingerprint density at radius 3 is 2.35 bits per heavy atom. The van der Waals surface area contributed by atoms with Crippen molar-refractivity contribution < 1.29 is 19.0 Å². The molecule has 0 radical (unpaired) electrons. The van der Waals surface area contributed by atoms with E-state index in [1.807, 2.05) is 36.4 Å². The smallest absolute Gasteiger partial charge is 0.341 e. The van der Waals surface area contributed by atoms with Crippen molar-refractivity contribution in [2.75, 3.05) is 14.2 Å². The first-order chi connectivity index (χ1) is 9.71. The fraction of sp³-hybridized carbons (Fsp3) is 0.188. The lowest BCUT2D eigenvalue weighted by Gasteiger charge is -2.27. The summed E-state index contributed by atoms with van der Waals surface area (Å²) in [6, 6.07) is 14.5. The predicted octanol–water partition coefficient (Wildman–Crippen LogP) is 2.71. The predicted molar refractivity (Wildman–Crippen MR) is 72.6 cm³/mol. The zero-order chi connectivity index (χ0) is 14.2. The van der Waals surface area contributed by atoms with Crippen LogP contribution in [0.15, 0.2) is 48.5 Å². The molecule has 0 N–H and O–H groups in total. The zero-order valence-electron chi connectivity index (χ0n) is 11.3. The number of carbonyl (C=O) groups excluding carboxylic acids is 1. The maximum atomic E-state index is 12.0. The number of esters is 1. The number of ether oxygens (including phenoxy) is 3. The maximum Gasteiger partial charge on any atom is 0.341 e. The van der Waals surface area contributed by atoms with Crippen molar-refractivity contribution in [2.45, 2.75) is 5.79 Å². The summed E-state index contributed by atoms with van der Waals surface area (Å²) in [6.45, 7) is 0. The Labute approximate surface area is 116 Å². The number of carbonyl (C=O) groups is 1. The minimum atomic E-state index is -1.18. The first-order valence-corrected chi connectivity index (χ1v) is 6.24. The summed E-state index contributed by atoms with van der Waals surface area (Å²) in [5.41, 5.74) is 2.00. The molecule has 102 valence electrons. The molecule has 0 saturated carbocycles. The summed E-state index contributed by atoms with van der Waals surface area (Å²) >= 11 is 0. The molecule has 0 amide bonds. The van der Waals surface area contributed by atoms with E-state index in [-0.39, 0.29) is 5.97 Å². The molecule has 3 rings (SSSR count). The molecule has 1 heterocycles. The molecule has 4 nitrogen and oxygen atoms in total. The Morgan fingerprint density at radius 2 is 1.70 bits per heavy atom. The third kappa shape index (κ3) is 1.69. The lowest BCUT2D eigenvalue weighted by molar-refractivity contribution is -0.154. The first kappa shape index (κ1) is 12.7. The highest BCUT2D eigenvalue weighted by atomic mass is 16.7. The average molecular weight is 270 g/mol. The van der Waals surface area contributed by atoms with E-state index in [9.17, 15) is 4.79 Å². The Bertz CT molecular complexity index is 648. The largest absolute Gasteiger partial charge is 0.497 e. The number of fused-ring (bicyclic) bond motifs is 1. The lowest BCUT2D eigenvalue weighted by atomic mass is 9.95. The van der Waals surface area contributed by atoms with E-state index in [0.29, 0.717) is 5.56 Å². The van der Waals surface area contributed by atoms with Crippen LogP contribution < -0.4 is 4.74 Å². The quantitative estimate of drug-likeness (QED) is 0.804. The molecule has 1 aliphatic heterocycles. The van der Waals surface area contributed by atoms with Crippen LogP contribution >= 0.6 is 0 Å². The lowest BCUT2D eigenvalue weighted by Crippen LogP contribution is -2.30. The normalized spacial score (nSPS) is 20.4. The summed E-state index contributed by atoms with van der Waals surface area (Å²) in [5, 5.41) is 0. The molecule has 0 spiro atoms. The standard InChI is InChI=1S/C16H14O4/c1-18-12-9-7-11(8-10-12)16(19-2)14-6-4-3-5-13(14)15(17)20-16/h3-10H,1-2H3. The van der Waals surface area contributed by atoms with Crippen LogP contribution in [-0.4, -0.2) is 20.2 Å². The molecule has 2 aromatic carbocycles. The van der Waals surface area contributed by atoms with Gasteiger partial charge in [0.25, 0.3) is 5.79 Å². The molecule has 0 aliphatic carbocycles. The fourth-order valence-electron chi connectivity index (χ4n) is 2.48. The van der Waals surface area contributed by atoms with Crippen LogP contribution in [0.5, 0.6) is 5.75 Å². The van der Waals surface area contributed by atoms with E-state index >= 15 is 0 Å². The summed E-state index contributed by atoms with van der Waals surface area (Å²) < 4.78 is 16.2. The van der Waals surface area contributed by atoms with Gasteiger partial charge in [-0.25, -0.2) is 4.79 Å². The van der Waals surface area contributed by atoms with Crippen molar-refractivity contribution in [3.63, 3.8) is 0 Å². The monoisotopic (exact) mass is 270 g/mol. The van der Waals surface area contributed by atoms with Gasteiger partial charge in [0, 0.05) is 18.2 Å². The number of methoxy groups -OCH3 is 2. The van der Waals surface area contributed by atoms with Crippen molar-refractivity contribution >= 4 is 5.97 Å². The highest BCUT2D eigenvalue weighted by Gasteiger charge is 2.47. The number of hydrogen-bond donors (Lipinski definition) is 0. The summed E-state index contributed by atoms with van der Waals surface area (Å²) in [5.74, 6) is -0.823. The highest BCUT2D eigenvalue weighted by Crippen LogP contribution is 2.42. The van der Waals surface area contributed by atoms with Crippen LogP contribution in [0.2, 0.25) is 0 Å². The van der Waals surface area contributed by atoms with Gasteiger partial charge in [-0.15, -0.1) is 0 Å². The molecule has 0 aromatic heterocycles. The Balaban J connectivity index is 2.15. The summed E-state index contributed by atoms with van der Waals surface area (Å²) in [4.78, 5) is 12.0. The minimum absolute atomic E-state index is 0.377. The van der Waals surface area contributed by atoms with Gasteiger partial charge in [-0.1, -0.05) is 18.2 Å². The fourth-order valence-corrected chi connectivity index (χ4v) is 2.48. The van der Waals surface area contributed by atoms with E-state index < -0.39 is 5.79 Å². The Hall–Kier alpha value is -2.33. The molecule has 0 bridgehead atoms. The van der Waals surface area contributed by atoms with E-state index in [2.05, 4.69) is 0 Å². The second-order valence-electron chi connectivity index (χ2n) is 4.48. The topological polar surface area (TPSA) is 44.8 Å². The van der Waals surface area contributed by atoms with Gasteiger partial charge in [-0.05, 0) is 30.3 Å². The Morgan fingerprint density at radius 1 is 1.00 bits per heavy atom. The second-order valence-corrected chi connectivity index (χ2v) is 4.48.